The first-order chi connectivity index (χ1) is 13.8. The Kier molecular flexibility index (Phi) is 6.23. The first-order valence-electron chi connectivity index (χ1n) is 8.29. The van der Waals surface area contributed by atoms with Gasteiger partial charge in [-0.05, 0) is 30.3 Å². The molecule has 1 aromatic heterocycles. The van der Waals surface area contributed by atoms with E-state index in [1.54, 1.807) is 12.1 Å². The number of amides is 2. The Morgan fingerprint density at radius 3 is 2.59 bits per heavy atom. The molecule has 0 spiro atoms. The van der Waals surface area contributed by atoms with Gasteiger partial charge < -0.3 is 20.4 Å². The number of hydrogen-bond acceptors (Lipinski definition) is 4. The third-order valence-corrected chi connectivity index (χ3v) is 4.34. The Morgan fingerprint density at radius 1 is 1.03 bits per heavy atom. The van der Waals surface area contributed by atoms with Crippen molar-refractivity contribution in [2.24, 2.45) is 0 Å². The Balaban J connectivity index is 1.47. The van der Waals surface area contributed by atoms with Gasteiger partial charge in [0.05, 0.1) is 12.1 Å². The molecule has 3 rings (SSSR count). The number of benzene rings is 2. The molecule has 0 bridgehead atoms. The van der Waals surface area contributed by atoms with Crippen LogP contribution in [0.5, 0.6) is 0 Å². The number of aromatic amines is 1. The summed E-state index contributed by atoms with van der Waals surface area (Å²) in [4.78, 5) is 38.7. The zero-order valence-corrected chi connectivity index (χ0v) is 16.3. The quantitative estimate of drug-likeness (QED) is 0.486. The number of anilines is 1. The van der Waals surface area contributed by atoms with Gasteiger partial charge in [0.15, 0.2) is 18.2 Å². The number of rotatable bonds is 6. The third kappa shape index (κ3) is 5.17. The lowest BCUT2D eigenvalue weighted by Crippen LogP contribution is -2.35. The summed E-state index contributed by atoms with van der Waals surface area (Å²) in [5, 5.41) is 5.20. The van der Waals surface area contributed by atoms with Crippen molar-refractivity contribution in [2.75, 3.05) is 18.5 Å². The number of carbonyl (C=O) groups excluding carboxylic acids is 3. The average Bonchev–Trinajstić information content (AvgIpc) is 3.10. The minimum Gasteiger partial charge on any atom is -0.452 e. The molecule has 2 amide bonds. The van der Waals surface area contributed by atoms with E-state index >= 15 is 0 Å². The smallest absolute Gasteiger partial charge is 0.340 e. The summed E-state index contributed by atoms with van der Waals surface area (Å²) < 4.78 is 31.7. The predicted molar refractivity (Wildman–Crippen MR) is 104 cm³/mol. The predicted octanol–water partition coefficient (Wildman–Crippen LogP) is 3.12. The molecule has 150 valence electrons. The molecule has 10 heteroatoms. The molecule has 0 aliphatic heterocycles. The van der Waals surface area contributed by atoms with Gasteiger partial charge in [-0.15, -0.1) is 0 Å². The molecule has 0 radical (unpaired) electrons. The Hall–Kier alpha value is -3.27. The van der Waals surface area contributed by atoms with Crippen molar-refractivity contribution in [3.8, 4) is 0 Å². The second-order valence-electron chi connectivity index (χ2n) is 5.92. The van der Waals surface area contributed by atoms with Crippen LogP contribution in [0.25, 0.3) is 10.9 Å². The van der Waals surface area contributed by atoms with E-state index in [0.717, 1.165) is 22.1 Å². The van der Waals surface area contributed by atoms with E-state index in [0.29, 0.717) is 5.39 Å². The Morgan fingerprint density at radius 2 is 1.83 bits per heavy atom. The molecule has 1 heterocycles. The van der Waals surface area contributed by atoms with Crippen molar-refractivity contribution in [1.29, 1.82) is 0 Å². The summed E-state index contributed by atoms with van der Waals surface area (Å²) in [7, 11) is 0. The number of halogens is 3. The molecular weight excluding hydrogens is 452 g/mol. The molecule has 0 atom stereocenters. The van der Waals surface area contributed by atoms with Gasteiger partial charge in [-0.25, -0.2) is 13.6 Å². The first kappa shape index (κ1) is 20.5. The largest absolute Gasteiger partial charge is 0.452 e. The standard InChI is InChI=1S/C19H14BrF2N3O4/c20-10-1-4-16-12(5-10)13(7-23-16)19(28)29-9-18(27)24-8-17(26)25-11-2-3-14(21)15(22)6-11/h1-7,23H,8-9H2,(H,24,27)(H,25,26). The minimum absolute atomic E-state index is 0.0417. The van der Waals surface area contributed by atoms with Crippen molar-refractivity contribution in [2.45, 2.75) is 0 Å². The molecule has 2 aromatic carbocycles. The van der Waals surface area contributed by atoms with Crippen LogP contribution in [0.1, 0.15) is 10.4 Å². The summed E-state index contributed by atoms with van der Waals surface area (Å²) in [5.41, 5.74) is 1.05. The van der Waals surface area contributed by atoms with Crippen LogP contribution in [0, 0.1) is 11.6 Å². The number of nitrogens with one attached hydrogen (secondary N) is 3. The lowest BCUT2D eigenvalue weighted by molar-refractivity contribution is -0.126. The van der Waals surface area contributed by atoms with E-state index in [-0.39, 0.29) is 11.3 Å². The zero-order valence-electron chi connectivity index (χ0n) is 14.7. The molecule has 0 saturated carbocycles. The van der Waals surface area contributed by atoms with Crippen molar-refractivity contribution >= 4 is 50.3 Å². The molecule has 29 heavy (non-hydrogen) atoms. The monoisotopic (exact) mass is 465 g/mol. The maximum atomic E-state index is 13.1. The van der Waals surface area contributed by atoms with Crippen LogP contribution in [-0.4, -0.2) is 35.9 Å². The number of aromatic nitrogens is 1. The molecule has 0 aliphatic carbocycles. The summed E-state index contributed by atoms with van der Waals surface area (Å²) in [6.07, 6.45) is 1.48. The average molecular weight is 466 g/mol. The summed E-state index contributed by atoms with van der Waals surface area (Å²) in [6, 6.07) is 8.20. The van der Waals surface area contributed by atoms with Gasteiger partial charge >= 0.3 is 5.97 Å². The van der Waals surface area contributed by atoms with Gasteiger partial charge in [-0.3, -0.25) is 9.59 Å². The first-order valence-corrected chi connectivity index (χ1v) is 9.08. The second-order valence-corrected chi connectivity index (χ2v) is 6.84. The van der Waals surface area contributed by atoms with E-state index < -0.39 is 42.6 Å². The van der Waals surface area contributed by atoms with Gasteiger partial charge in [-0.1, -0.05) is 15.9 Å². The number of hydrogen-bond donors (Lipinski definition) is 3. The number of esters is 1. The van der Waals surface area contributed by atoms with Gasteiger partial charge in [0.25, 0.3) is 5.91 Å². The SMILES string of the molecule is O=C(COC(=O)c1c[nH]c2ccc(Br)cc12)NCC(=O)Nc1ccc(F)c(F)c1. The molecule has 0 saturated heterocycles. The minimum atomic E-state index is -1.11. The molecule has 3 aromatic rings. The number of H-pyrrole nitrogens is 1. The zero-order chi connectivity index (χ0) is 21.0. The van der Waals surface area contributed by atoms with Crippen LogP contribution >= 0.6 is 15.9 Å². The Bertz CT molecular complexity index is 1100. The second kappa shape index (κ2) is 8.82. The van der Waals surface area contributed by atoms with Crippen molar-refractivity contribution in [1.82, 2.24) is 10.3 Å². The van der Waals surface area contributed by atoms with E-state index in [9.17, 15) is 23.2 Å². The van der Waals surface area contributed by atoms with Crippen LogP contribution in [0.15, 0.2) is 47.1 Å². The van der Waals surface area contributed by atoms with E-state index in [2.05, 4.69) is 31.5 Å². The van der Waals surface area contributed by atoms with E-state index in [1.807, 2.05) is 6.07 Å². The number of ether oxygens (including phenoxy) is 1. The van der Waals surface area contributed by atoms with Gasteiger partial charge in [0.1, 0.15) is 0 Å². The highest BCUT2D eigenvalue weighted by atomic mass is 79.9. The summed E-state index contributed by atoms with van der Waals surface area (Å²) in [6.45, 7) is -1.02. The van der Waals surface area contributed by atoms with Crippen LogP contribution in [-0.2, 0) is 14.3 Å². The molecule has 0 unspecified atom stereocenters. The van der Waals surface area contributed by atoms with Crippen molar-refractivity contribution in [3.63, 3.8) is 0 Å². The summed E-state index contributed by atoms with van der Waals surface area (Å²) in [5.74, 6) is -4.20. The van der Waals surface area contributed by atoms with Crippen LogP contribution in [0.2, 0.25) is 0 Å². The molecular formula is C19H14BrF2N3O4. The van der Waals surface area contributed by atoms with Gasteiger partial charge in [0.2, 0.25) is 5.91 Å². The normalized spacial score (nSPS) is 10.6. The highest BCUT2D eigenvalue weighted by molar-refractivity contribution is 9.10. The third-order valence-electron chi connectivity index (χ3n) is 3.85. The maximum absolute atomic E-state index is 13.1. The van der Waals surface area contributed by atoms with Crippen LogP contribution < -0.4 is 10.6 Å². The molecule has 0 aliphatic rings. The lowest BCUT2D eigenvalue weighted by atomic mass is 10.2. The van der Waals surface area contributed by atoms with Crippen LogP contribution in [0.3, 0.4) is 0 Å². The van der Waals surface area contributed by atoms with E-state index in [1.165, 1.54) is 12.3 Å². The lowest BCUT2D eigenvalue weighted by Gasteiger charge is -2.08. The van der Waals surface area contributed by atoms with Crippen LogP contribution in [0.4, 0.5) is 14.5 Å². The maximum Gasteiger partial charge on any atom is 0.340 e. The highest BCUT2D eigenvalue weighted by Crippen LogP contribution is 2.23. The van der Waals surface area contributed by atoms with Gasteiger partial charge in [0, 0.05) is 33.3 Å². The number of carbonyl (C=O) groups is 3. The highest BCUT2D eigenvalue weighted by Gasteiger charge is 2.16. The fourth-order valence-electron chi connectivity index (χ4n) is 2.48. The number of fused-ring (bicyclic) bond motifs is 1. The molecule has 3 N–H and O–H groups in total. The molecule has 0 fully saturated rings. The topological polar surface area (TPSA) is 100 Å². The molecule has 7 nitrogen and oxygen atoms in total. The van der Waals surface area contributed by atoms with Gasteiger partial charge in [-0.2, -0.15) is 0 Å². The fourth-order valence-corrected chi connectivity index (χ4v) is 2.84. The van der Waals surface area contributed by atoms with Crippen molar-refractivity contribution < 1.29 is 27.9 Å². The van der Waals surface area contributed by atoms with Crippen molar-refractivity contribution in [3.05, 3.63) is 64.3 Å². The van der Waals surface area contributed by atoms with E-state index in [4.69, 9.17) is 4.74 Å². The summed E-state index contributed by atoms with van der Waals surface area (Å²) >= 11 is 3.32. The fraction of sp³-hybridized carbons (Fsp3) is 0.105. The Labute approximate surface area is 171 Å².